The van der Waals surface area contributed by atoms with Crippen LogP contribution in [0.25, 0.3) is 0 Å². The van der Waals surface area contributed by atoms with Crippen molar-refractivity contribution < 1.29 is 9.90 Å². The summed E-state index contributed by atoms with van der Waals surface area (Å²) in [7, 11) is 0. The highest BCUT2D eigenvalue weighted by Crippen LogP contribution is 2.13. The maximum Gasteiger partial charge on any atom is 0.305 e. The Labute approximate surface area is 78.3 Å². The lowest BCUT2D eigenvalue weighted by Gasteiger charge is -2.07. The van der Waals surface area contributed by atoms with Crippen molar-refractivity contribution in [1.82, 2.24) is 9.78 Å². The van der Waals surface area contributed by atoms with E-state index in [-0.39, 0.29) is 12.5 Å². The Morgan fingerprint density at radius 2 is 2.58 bits per heavy atom. The smallest absolute Gasteiger partial charge is 0.305 e. The van der Waals surface area contributed by atoms with Gasteiger partial charge < -0.3 is 5.11 Å². The molecule has 1 atom stereocenters. The second-order valence-electron chi connectivity index (χ2n) is 2.59. The molecule has 0 aliphatic heterocycles. The quantitative estimate of drug-likeness (QED) is 0.863. The van der Waals surface area contributed by atoms with Crippen molar-refractivity contribution in [2.24, 2.45) is 0 Å². The van der Waals surface area contributed by atoms with Gasteiger partial charge in [0.15, 0.2) is 0 Å². The van der Waals surface area contributed by atoms with Crippen molar-refractivity contribution in [3.05, 3.63) is 16.9 Å². The molecule has 0 aromatic carbocycles. The number of carboxylic acid groups (broad SMARTS) is 1. The summed E-state index contributed by atoms with van der Waals surface area (Å²) in [5, 5.41) is 12.5. The van der Waals surface area contributed by atoms with Gasteiger partial charge in [-0.25, -0.2) is 0 Å². The van der Waals surface area contributed by atoms with Crippen LogP contribution in [0.15, 0.2) is 16.9 Å². The first kappa shape index (κ1) is 9.25. The first-order valence-corrected chi connectivity index (χ1v) is 4.30. The summed E-state index contributed by atoms with van der Waals surface area (Å²) in [5.74, 6) is -0.811. The Morgan fingerprint density at radius 3 is 3.00 bits per heavy atom. The number of hydrogen-bond acceptors (Lipinski definition) is 2. The fourth-order valence-corrected chi connectivity index (χ4v) is 1.20. The number of halogens is 1. The lowest BCUT2D eigenvalue weighted by atomic mass is 10.2. The van der Waals surface area contributed by atoms with Crippen LogP contribution >= 0.6 is 15.9 Å². The van der Waals surface area contributed by atoms with Gasteiger partial charge in [-0.3, -0.25) is 9.48 Å². The van der Waals surface area contributed by atoms with E-state index in [9.17, 15) is 4.79 Å². The highest BCUT2D eigenvalue weighted by molar-refractivity contribution is 9.10. The number of aliphatic carboxylic acids is 1. The molecule has 0 amide bonds. The fourth-order valence-electron chi connectivity index (χ4n) is 0.902. The van der Waals surface area contributed by atoms with Gasteiger partial charge in [-0.1, -0.05) is 0 Å². The third-order valence-corrected chi connectivity index (χ3v) is 1.90. The number of rotatable bonds is 3. The molecule has 0 aliphatic carbocycles. The second kappa shape index (κ2) is 3.71. The number of carboxylic acids is 1. The molecule has 4 nitrogen and oxygen atoms in total. The van der Waals surface area contributed by atoms with E-state index in [0.717, 1.165) is 4.47 Å². The summed E-state index contributed by atoms with van der Waals surface area (Å²) < 4.78 is 2.48. The Hall–Kier alpha value is -0.840. The summed E-state index contributed by atoms with van der Waals surface area (Å²) in [4.78, 5) is 10.3. The van der Waals surface area contributed by atoms with Gasteiger partial charge in [0.05, 0.1) is 23.1 Å². The highest BCUT2D eigenvalue weighted by atomic mass is 79.9. The average Bonchev–Trinajstić information content (AvgIpc) is 2.34. The van der Waals surface area contributed by atoms with Crippen molar-refractivity contribution in [3.63, 3.8) is 0 Å². The molecule has 1 aromatic heterocycles. The van der Waals surface area contributed by atoms with E-state index in [2.05, 4.69) is 21.0 Å². The maximum absolute atomic E-state index is 10.3. The number of hydrogen-bond donors (Lipinski definition) is 1. The van der Waals surface area contributed by atoms with Gasteiger partial charge in [0.1, 0.15) is 0 Å². The van der Waals surface area contributed by atoms with Gasteiger partial charge >= 0.3 is 5.97 Å². The zero-order valence-electron chi connectivity index (χ0n) is 6.57. The van der Waals surface area contributed by atoms with Crippen LogP contribution in [-0.2, 0) is 4.79 Å². The molecular formula is C7H9BrN2O2. The number of carbonyl (C=O) groups is 1. The molecule has 0 unspecified atom stereocenters. The van der Waals surface area contributed by atoms with Crippen LogP contribution in [0.4, 0.5) is 0 Å². The minimum atomic E-state index is -0.811. The Kier molecular flexibility index (Phi) is 2.86. The Bertz CT molecular complexity index is 285. The van der Waals surface area contributed by atoms with Crippen LogP contribution in [0.1, 0.15) is 19.4 Å². The summed E-state index contributed by atoms with van der Waals surface area (Å²) >= 11 is 3.24. The molecule has 0 radical (unpaired) electrons. The maximum atomic E-state index is 10.3. The highest BCUT2D eigenvalue weighted by Gasteiger charge is 2.09. The molecule has 0 saturated carbocycles. The third kappa shape index (κ3) is 2.34. The van der Waals surface area contributed by atoms with Gasteiger partial charge in [0.2, 0.25) is 0 Å². The van der Waals surface area contributed by atoms with Gasteiger partial charge in [-0.2, -0.15) is 5.10 Å². The zero-order chi connectivity index (χ0) is 9.14. The molecule has 1 heterocycles. The molecule has 1 aromatic rings. The van der Waals surface area contributed by atoms with E-state index < -0.39 is 5.97 Å². The van der Waals surface area contributed by atoms with Crippen molar-refractivity contribution in [3.8, 4) is 0 Å². The average molecular weight is 233 g/mol. The molecule has 0 bridgehead atoms. The zero-order valence-corrected chi connectivity index (χ0v) is 8.15. The van der Waals surface area contributed by atoms with Gasteiger partial charge in [0.25, 0.3) is 0 Å². The predicted molar refractivity (Wildman–Crippen MR) is 46.9 cm³/mol. The van der Waals surface area contributed by atoms with Crippen LogP contribution in [0.2, 0.25) is 0 Å². The largest absolute Gasteiger partial charge is 0.481 e. The molecule has 0 saturated heterocycles. The van der Waals surface area contributed by atoms with Crippen molar-refractivity contribution >= 4 is 21.9 Å². The van der Waals surface area contributed by atoms with E-state index in [1.807, 2.05) is 6.92 Å². The normalized spacial score (nSPS) is 12.8. The van der Waals surface area contributed by atoms with E-state index in [1.54, 1.807) is 17.1 Å². The molecule has 0 spiro atoms. The summed E-state index contributed by atoms with van der Waals surface area (Å²) in [5.41, 5.74) is 0. The molecule has 0 aliphatic rings. The molecule has 12 heavy (non-hydrogen) atoms. The monoisotopic (exact) mass is 232 g/mol. The topological polar surface area (TPSA) is 55.1 Å². The second-order valence-corrected chi connectivity index (χ2v) is 3.50. The van der Waals surface area contributed by atoms with Crippen molar-refractivity contribution in [1.29, 1.82) is 0 Å². The molecule has 1 N–H and O–H groups in total. The van der Waals surface area contributed by atoms with Crippen LogP contribution < -0.4 is 0 Å². The molecule has 5 heteroatoms. The minimum absolute atomic E-state index is 0.0914. The molecule has 1 rings (SSSR count). The van der Waals surface area contributed by atoms with Crippen LogP contribution in [-0.4, -0.2) is 20.9 Å². The standard InChI is InChI=1S/C7H9BrN2O2/c1-5(2-7(11)12)10-4-6(8)3-9-10/h3-5H,2H2,1H3,(H,11,12)/t5-/m0/s1. The van der Waals surface area contributed by atoms with E-state index >= 15 is 0 Å². The number of aromatic nitrogens is 2. The predicted octanol–water partition coefficient (Wildman–Crippen LogP) is 1.68. The first-order valence-electron chi connectivity index (χ1n) is 3.51. The van der Waals surface area contributed by atoms with Gasteiger partial charge in [-0.15, -0.1) is 0 Å². The van der Waals surface area contributed by atoms with Crippen LogP contribution in [0, 0.1) is 0 Å². The van der Waals surface area contributed by atoms with E-state index in [0.29, 0.717) is 0 Å². The minimum Gasteiger partial charge on any atom is -0.481 e. The SMILES string of the molecule is C[C@@H](CC(=O)O)n1cc(Br)cn1. The lowest BCUT2D eigenvalue weighted by Crippen LogP contribution is -2.10. The molecule has 66 valence electrons. The molecular weight excluding hydrogens is 224 g/mol. The van der Waals surface area contributed by atoms with Gasteiger partial charge in [-0.05, 0) is 22.9 Å². The van der Waals surface area contributed by atoms with Crippen molar-refractivity contribution in [2.45, 2.75) is 19.4 Å². The van der Waals surface area contributed by atoms with Crippen LogP contribution in [0.5, 0.6) is 0 Å². The lowest BCUT2D eigenvalue weighted by molar-refractivity contribution is -0.137. The Balaban J connectivity index is 2.64. The van der Waals surface area contributed by atoms with E-state index in [4.69, 9.17) is 5.11 Å². The van der Waals surface area contributed by atoms with Crippen molar-refractivity contribution in [2.75, 3.05) is 0 Å². The third-order valence-electron chi connectivity index (χ3n) is 1.49. The fraction of sp³-hybridized carbons (Fsp3) is 0.429. The van der Waals surface area contributed by atoms with Crippen LogP contribution in [0.3, 0.4) is 0 Å². The summed E-state index contributed by atoms with van der Waals surface area (Å²) in [6.07, 6.45) is 3.49. The first-order chi connectivity index (χ1) is 5.59. The number of nitrogens with zero attached hydrogens (tertiary/aromatic N) is 2. The Morgan fingerprint density at radius 1 is 1.92 bits per heavy atom. The summed E-state index contributed by atoms with van der Waals surface area (Å²) in [6.45, 7) is 1.81. The molecule has 0 fully saturated rings. The van der Waals surface area contributed by atoms with E-state index in [1.165, 1.54) is 0 Å². The summed E-state index contributed by atoms with van der Waals surface area (Å²) in [6, 6.07) is -0.103. The van der Waals surface area contributed by atoms with Gasteiger partial charge in [0, 0.05) is 6.20 Å².